The van der Waals surface area contributed by atoms with Gasteiger partial charge in [0.25, 0.3) is 5.91 Å². The lowest BCUT2D eigenvalue weighted by Gasteiger charge is -2.02. The summed E-state index contributed by atoms with van der Waals surface area (Å²) in [4.78, 5) is 12.5. The molecule has 1 amide bonds. The number of carbonyl (C=O) groups is 1. The number of nitrogens with one attached hydrogen (secondary N) is 1. The van der Waals surface area contributed by atoms with Crippen molar-refractivity contribution >= 4 is 73.6 Å². The lowest BCUT2D eigenvalue weighted by Crippen LogP contribution is -2.17. The third-order valence-corrected chi connectivity index (χ3v) is 5.68. The fourth-order valence-corrected chi connectivity index (χ4v) is 4.50. The third kappa shape index (κ3) is 3.93. The fraction of sp³-hybridized carbons (Fsp3) is 0.0714. The zero-order valence-corrected chi connectivity index (χ0v) is 16.9. The molecule has 0 bridgehead atoms. The first-order valence-corrected chi connectivity index (χ1v) is 9.13. The van der Waals surface area contributed by atoms with Crippen LogP contribution in [0.2, 0.25) is 0 Å². The second-order valence-corrected chi connectivity index (χ2v) is 7.82. The van der Waals surface area contributed by atoms with Gasteiger partial charge in [0.2, 0.25) is 0 Å². The summed E-state index contributed by atoms with van der Waals surface area (Å²) in [5, 5.41) is 22.9. The van der Waals surface area contributed by atoms with Crippen molar-refractivity contribution in [1.82, 2.24) is 5.43 Å². The number of benzene rings is 1. The Morgan fingerprint density at radius 3 is 2.61 bits per heavy atom. The Labute approximate surface area is 163 Å². The average Bonchev–Trinajstić information content (AvgIpc) is 2.79. The normalized spacial score (nSPS) is 10.7. The summed E-state index contributed by atoms with van der Waals surface area (Å²) in [6, 6.07) is 5.47. The monoisotopic (exact) mass is 552 g/mol. The van der Waals surface area contributed by atoms with Crippen molar-refractivity contribution in [3.05, 3.63) is 40.8 Å². The second kappa shape index (κ2) is 7.45. The molecule has 23 heavy (non-hydrogen) atoms. The SMILES string of the molecule is Cc1c(C(=O)NN=Cc2cc(I)c(O)c(I)c2)sc(N)c1C#N. The average molecular weight is 552 g/mol. The molecule has 6 nitrogen and oxygen atoms in total. The van der Waals surface area contributed by atoms with Crippen molar-refractivity contribution in [2.45, 2.75) is 6.92 Å². The molecular weight excluding hydrogens is 542 g/mol. The zero-order chi connectivity index (χ0) is 17.1. The van der Waals surface area contributed by atoms with Crippen molar-refractivity contribution in [1.29, 1.82) is 5.26 Å². The van der Waals surface area contributed by atoms with E-state index in [0.717, 1.165) is 16.9 Å². The smallest absolute Gasteiger partial charge is 0.281 e. The Kier molecular flexibility index (Phi) is 5.82. The number of halogens is 2. The van der Waals surface area contributed by atoms with Crippen molar-refractivity contribution in [2.24, 2.45) is 5.10 Å². The molecule has 0 unspecified atom stereocenters. The minimum absolute atomic E-state index is 0.223. The molecule has 0 saturated carbocycles. The molecule has 0 fully saturated rings. The summed E-state index contributed by atoms with van der Waals surface area (Å²) >= 11 is 5.10. The molecule has 1 aromatic carbocycles. The van der Waals surface area contributed by atoms with Gasteiger partial charge in [0.1, 0.15) is 21.7 Å². The Balaban J connectivity index is 2.15. The van der Waals surface area contributed by atoms with Crippen LogP contribution in [0.5, 0.6) is 5.75 Å². The van der Waals surface area contributed by atoms with Crippen molar-refractivity contribution in [2.75, 3.05) is 5.73 Å². The molecule has 0 saturated heterocycles. The number of nitrogens with zero attached hydrogens (tertiary/aromatic N) is 2. The maximum atomic E-state index is 12.1. The molecular formula is C14H10I2N4O2S. The van der Waals surface area contributed by atoms with Crippen LogP contribution in [0.25, 0.3) is 0 Å². The number of rotatable bonds is 3. The number of amides is 1. The molecule has 1 heterocycles. The van der Waals surface area contributed by atoms with Crippen LogP contribution in [0, 0.1) is 25.4 Å². The summed E-state index contributed by atoms with van der Waals surface area (Å²) in [6.07, 6.45) is 1.49. The number of nitrogen functional groups attached to an aromatic ring is 1. The predicted molar refractivity (Wildman–Crippen MR) is 107 cm³/mol. The highest BCUT2D eigenvalue weighted by Crippen LogP contribution is 2.29. The molecule has 9 heteroatoms. The van der Waals surface area contributed by atoms with E-state index in [2.05, 4.69) is 10.5 Å². The van der Waals surface area contributed by atoms with E-state index in [4.69, 9.17) is 11.0 Å². The van der Waals surface area contributed by atoms with Crippen LogP contribution in [0.15, 0.2) is 17.2 Å². The maximum Gasteiger partial charge on any atom is 0.281 e. The summed E-state index contributed by atoms with van der Waals surface area (Å²) in [5.41, 5.74) is 9.75. The van der Waals surface area contributed by atoms with Gasteiger partial charge < -0.3 is 10.8 Å². The van der Waals surface area contributed by atoms with Gasteiger partial charge in [-0.15, -0.1) is 11.3 Å². The number of hydrazone groups is 1. The number of carbonyl (C=O) groups excluding carboxylic acids is 1. The number of thiophene rings is 1. The Hall–Kier alpha value is -1.39. The molecule has 0 spiro atoms. The molecule has 118 valence electrons. The number of nitriles is 1. The second-order valence-electron chi connectivity index (χ2n) is 4.44. The molecule has 2 rings (SSSR count). The molecule has 0 aliphatic carbocycles. The zero-order valence-electron chi connectivity index (χ0n) is 11.7. The number of aromatic hydroxyl groups is 1. The van der Waals surface area contributed by atoms with Crippen molar-refractivity contribution < 1.29 is 9.90 Å². The fourth-order valence-electron chi connectivity index (χ4n) is 1.77. The first-order valence-electron chi connectivity index (χ1n) is 6.15. The lowest BCUT2D eigenvalue weighted by atomic mass is 10.2. The minimum Gasteiger partial charge on any atom is -0.506 e. The molecule has 2 aromatic rings. The van der Waals surface area contributed by atoms with Crippen LogP contribution in [0.1, 0.15) is 26.4 Å². The Morgan fingerprint density at radius 1 is 1.48 bits per heavy atom. The number of nitrogens with two attached hydrogens (primary N) is 1. The van der Waals surface area contributed by atoms with Gasteiger partial charge in [0.15, 0.2) is 0 Å². The summed E-state index contributed by atoms with van der Waals surface area (Å²) in [5.74, 6) is -0.193. The molecule has 4 N–H and O–H groups in total. The van der Waals surface area contributed by atoms with Gasteiger partial charge in [-0.3, -0.25) is 4.79 Å². The van der Waals surface area contributed by atoms with E-state index in [9.17, 15) is 9.90 Å². The highest BCUT2D eigenvalue weighted by atomic mass is 127. The van der Waals surface area contributed by atoms with Gasteiger partial charge in [-0.25, -0.2) is 5.43 Å². The van der Waals surface area contributed by atoms with Crippen LogP contribution >= 0.6 is 56.5 Å². The number of hydrogen-bond acceptors (Lipinski definition) is 6. The topological polar surface area (TPSA) is 112 Å². The molecule has 1 aromatic heterocycles. The molecule has 0 aliphatic rings. The van der Waals surface area contributed by atoms with Gasteiger partial charge in [-0.2, -0.15) is 10.4 Å². The predicted octanol–water partition coefficient (Wildman–Crippen LogP) is 3.19. The van der Waals surface area contributed by atoms with E-state index in [1.807, 2.05) is 51.3 Å². The van der Waals surface area contributed by atoms with Crippen LogP contribution in [-0.2, 0) is 0 Å². The largest absolute Gasteiger partial charge is 0.506 e. The standard InChI is InChI=1S/C14H10I2N4O2S/c1-6-8(4-17)13(18)23-12(6)14(22)20-19-5-7-2-9(15)11(21)10(16)3-7/h2-3,5,21H,18H2,1H3,(H,20,22). The number of hydrogen-bond donors (Lipinski definition) is 3. The van der Waals surface area contributed by atoms with Gasteiger partial charge in [0.05, 0.1) is 18.9 Å². The van der Waals surface area contributed by atoms with Crippen LogP contribution in [0.3, 0.4) is 0 Å². The van der Waals surface area contributed by atoms with Gasteiger partial charge in [-0.05, 0) is 75.4 Å². The first-order chi connectivity index (χ1) is 10.8. The number of anilines is 1. The van der Waals surface area contributed by atoms with E-state index in [0.29, 0.717) is 28.1 Å². The van der Waals surface area contributed by atoms with Gasteiger partial charge in [-0.1, -0.05) is 0 Å². The molecule has 0 atom stereocenters. The van der Waals surface area contributed by atoms with E-state index in [-0.39, 0.29) is 5.75 Å². The molecule has 0 radical (unpaired) electrons. The van der Waals surface area contributed by atoms with Gasteiger partial charge in [0, 0.05) is 0 Å². The van der Waals surface area contributed by atoms with E-state index < -0.39 is 5.91 Å². The highest BCUT2D eigenvalue weighted by Gasteiger charge is 2.18. The van der Waals surface area contributed by atoms with Crippen LogP contribution < -0.4 is 11.2 Å². The minimum atomic E-state index is -0.417. The third-order valence-electron chi connectivity index (χ3n) is 2.91. The summed E-state index contributed by atoms with van der Waals surface area (Å²) < 4.78 is 1.39. The quantitative estimate of drug-likeness (QED) is 0.309. The molecule has 0 aliphatic heterocycles. The van der Waals surface area contributed by atoms with Gasteiger partial charge >= 0.3 is 0 Å². The Bertz CT molecular complexity index is 832. The van der Waals surface area contributed by atoms with Crippen LogP contribution in [-0.4, -0.2) is 17.2 Å². The van der Waals surface area contributed by atoms with Crippen molar-refractivity contribution in [3.8, 4) is 11.8 Å². The van der Waals surface area contributed by atoms with E-state index >= 15 is 0 Å². The highest BCUT2D eigenvalue weighted by molar-refractivity contribution is 14.1. The lowest BCUT2D eigenvalue weighted by molar-refractivity contribution is 0.0958. The van der Waals surface area contributed by atoms with Crippen LogP contribution in [0.4, 0.5) is 5.00 Å². The summed E-state index contributed by atoms with van der Waals surface area (Å²) in [6.45, 7) is 1.68. The first kappa shape index (κ1) is 18.0. The number of phenols is 1. The van der Waals surface area contributed by atoms with E-state index in [1.54, 1.807) is 19.1 Å². The van der Waals surface area contributed by atoms with Crippen molar-refractivity contribution in [3.63, 3.8) is 0 Å². The maximum absolute atomic E-state index is 12.1. The Morgan fingerprint density at radius 2 is 2.09 bits per heavy atom. The number of phenolic OH excluding ortho intramolecular Hbond substituents is 1. The van der Waals surface area contributed by atoms with E-state index in [1.165, 1.54) is 6.21 Å². The summed E-state index contributed by atoms with van der Waals surface area (Å²) in [7, 11) is 0.